The van der Waals surface area contributed by atoms with Gasteiger partial charge >= 0.3 is 0 Å². The van der Waals surface area contributed by atoms with Crippen LogP contribution in [-0.2, 0) is 13.0 Å². The van der Waals surface area contributed by atoms with E-state index in [-0.39, 0.29) is 6.10 Å². The van der Waals surface area contributed by atoms with Crippen LogP contribution in [0.15, 0.2) is 54.6 Å². The van der Waals surface area contributed by atoms with Crippen molar-refractivity contribution < 1.29 is 4.74 Å². The zero-order chi connectivity index (χ0) is 17.8. The molecule has 4 heteroatoms. The Morgan fingerprint density at radius 3 is 2.46 bits per heavy atom. The Kier molecular flexibility index (Phi) is 5.12. The summed E-state index contributed by atoms with van der Waals surface area (Å²) < 4.78 is 6.33. The number of ether oxygens (including phenoxy) is 1. The van der Waals surface area contributed by atoms with E-state index in [1.165, 1.54) is 5.56 Å². The fourth-order valence-corrected chi connectivity index (χ4v) is 3.53. The monoisotopic (exact) mass is 347 g/mol. The molecule has 0 saturated carbocycles. The van der Waals surface area contributed by atoms with Gasteiger partial charge in [-0.2, -0.15) is 4.98 Å². The highest BCUT2D eigenvalue weighted by Gasteiger charge is 2.22. The minimum Gasteiger partial charge on any atom is -0.474 e. The summed E-state index contributed by atoms with van der Waals surface area (Å²) in [5.74, 6) is 1.59. The number of para-hydroxylation sites is 1. The minimum absolute atomic E-state index is 0.227. The van der Waals surface area contributed by atoms with E-state index in [2.05, 4.69) is 58.2 Å². The summed E-state index contributed by atoms with van der Waals surface area (Å²) in [7, 11) is 0. The Hall–Kier alpha value is -2.46. The number of piperidine rings is 1. The van der Waals surface area contributed by atoms with E-state index in [0.29, 0.717) is 0 Å². The summed E-state index contributed by atoms with van der Waals surface area (Å²) in [5.41, 5.74) is 2.34. The Labute approximate surface area is 154 Å². The van der Waals surface area contributed by atoms with E-state index in [1.807, 2.05) is 18.2 Å². The third kappa shape index (κ3) is 3.86. The van der Waals surface area contributed by atoms with Crippen LogP contribution in [0.2, 0.25) is 0 Å². The van der Waals surface area contributed by atoms with E-state index in [4.69, 9.17) is 4.74 Å². The Morgan fingerprint density at radius 2 is 1.69 bits per heavy atom. The summed E-state index contributed by atoms with van der Waals surface area (Å²) in [6, 6.07) is 18.8. The summed E-state index contributed by atoms with van der Waals surface area (Å²) in [4.78, 5) is 11.8. The molecule has 1 aliphatic rings. The molecule has 0 N–H and O–H groups in total. The van der Waals surface area contributed by atoms with E-state index in [1.54, 1.807) is 0 Å². The van der Waals surface area contributed by atoms with E-state index >= 15 is 0 Å². The van der Waals surface area contributed by atoms with Crippen LogP contribution in [0, 0.1) is 0 Å². The first-order valence-corrected chi connectivity index (χ1v) is 9.50. The average molecular weight is 347 g/mol. The first kappa shape index (κ1) is 17.0. The highest BCUT2D eigenvalue weighted by molar-refractivity contribution is 5.83. The largest absolute Gasteiger partial charge is 0.474 e. The van der Waals surface area contributed by atoms with Gasteiger partial charge < -0.3 is 4.74 Å². The molecule has 4 rings (SSSR count). The highest BCUT2D eigenvalue weighted by atomic mass is 16.5. The fourth-order valence-electron chi connectivity index (χ4n) is 3.53. The van der Waals surface area contributed by atoms with Crippen molar-refractivity contribution in [2.24, 2.45) is 0 Å². The number of hydrogen-bond donors (Lipinski definition) is 0. The lowest BCUT2D eigenvalue weighted by Gasteiger charge is -2.32. The molecule has 0 bridgehead atoms. The number of rotatable bonds is 5. The molecule has 1 saturated heterocycles. The van der Waals surface area contributed by atoms with Gasteiger partial charge in [0.2, 0.25) is 5.88 Å². The molecule has 2 heterocycles. The number of likely N-dealkylation sites (tertiary alicyclic amines) is 1. The molecule has 1 fully saturated rings. The van der Waals surface area contributed by atoms with Gasteiger partial charge in [0.25, 0.3) is 0 Å². The smallest absolute Gasteiger partial charge is 0.224 e. The topological polar surface area (TPSA) is 38.2 Å². The lowest BCUT2D eigenvalue weighted by atomic mass is 10.1. The molecule has 0 radical (unpaired) electrons. The van der Waals surface area contributed by atoms with Crippen molar-refractivity contribution in [2.75, 3.05) is 13.1 Å². The molecule has 4 nitrogen and oxygen atoms in total. The first-order valence-electron chi connectivity index (χ1n) is 9.50. The van der Waals surface area contributed by atoms with Crippen LogP contribution in [-0.4, -0.2) is 34.1 Å². The summed E-state index contributed by atoms with van der Waals surface area (Å²) >= 11 is 0. The van der Waals surface area contributed by atoms with Crippen molar-refractivity contribution in [2.45, 2.75) is 38.8 Å². The van der Waals surface area contributed by atoms with E-state index in [0.717, 1.165) is 61.5 Å². The maximum absolute atomic E-state index is 6.33. The Morgan fingerprint density at radius 1 is 0.962 bits per heavy atom. The van der Waals surface area contributed by atoms with Crippen molar-refractivity contribution >= 4 is 10.9 Å². The molecule has 0 unspecified atom stereocenters. The normalized spacial score (nSPS) is 16.0. The van der Waals surface area contributed by atoms with Crippen molar-refractivity contribution in [3.05, 3.63) is 66.0 Å². The van der Waals surface area contributed by atoms with Crippen molar-refractivity contribution in [1.29, 1.82) is 0 Å². The third-order valence-electron chi connectivity index (χ3n) is 4.99. The second kappa shape index (κ2) is 7.83. The summed E-state index contributed by atoms with van der Waals surface area (Å²) in [5, 5.41) is 1.01. The molecule has 26 heavy (non-hydrogen) atoms. The zero-order valence-corrected chi connectivity index (χ0v) is 15.3. The third-order valence-corrected chi connectivity index (χ3v) is 4.99. The van der Waals surface area contributed by atoms with Gasteiger partial charge in [-0.3, -0.25) is 4.90 Å². The van der Waals surface area contributed by atoms with Crippen molar-refractivity contribution in [3.8, 4) is 5.88 Å². The number of benzene rings is 2. The lowest BCUT2D eigenvalue weighted by molar-refractivity contribution is 0.0943. The average Bonchev–Trinajstić information content (AvgIpc) is 2.70. The van der Waals surface area contributed by atoms with Gasteiger partial charge in [0.05, 0.1) is 10.9 Å². The predicted octanol–water partition coefficient (Wildman–Crippen LogP) is 4.24. The van der Waals surface area contributed by atoms with Crippen molar-refractivity contribution in [3.63, 3.8) is 0 Å². The van der Waals surface area contributed by atoms with Crippen LogP contribution in [0.1, 0.15) is 31.2 Å². The molecule has 1 aliphatic heterocycles. The van der Waals surface area contributed by atoms with Crippen LogP contribution in [0.4, 0.5) is 0 Å². The molecule has 134 valence electrons. The molecule has 0 spiro atoms. The van der Waals surface area contributed by atoms with Gasteiger partial charge in [0.1, 0.15) is 11.9 Å². The number of aromatic nitrogens is 2. The number of fused-ring (bicyclic) bond motifs is 1. The SMILES string of the molecule is CCc1nc(OC2CCN(Cc3ccccc3)CC2)c2ccccc2n1. The van der Waals surface area contributed by atoms with Crippen LogP contribution in [0.3, 0.4) is 0 Å². The molecule has 0 amide bonds. The van der Waals surface area contributed by atoms with E-state index < -0.39 is 0 Å². The summed E-state index contributed by atoms with van der Waals surface area (Å²) in [6.07, 6.45) is 3.11. The van der Waals surface area contributed by atoms with Gasteiger partial charge in [-0.05, 0) is 30.5 Å². The van der Waals surface area contributed by atoms with Gasteiger partial charge in [-0.15, -0.1) is 0 Å². The number of aryl methyl sites for hydroxylation is 1. The van der Waals surface area contributed by atoms with Crippen LogP contribution in [0.25, 0.3) is 10.9 Å². The molecular formula is C22H25N3O. The molecule has 3 aromatic rings. The second-order valence-electron chi connectivity index (χ2n) is 6.89. The Bertz CT molecular complexity index is 858. The van der Waals surface area contributed by atoms with Crippen LogP contribution < -0.4 is 4.74 Å². The molecule has 2 aromatic carbocycles. The second-order valence-corrected chi connectivity index (χ2v) is 6.89. The fraction of sp³-hybridized carbons (Fsp3) is 0.364. The standard InChI is InChI=1S/C22H25N3O/c1-2-21-23-20-11-7-6-10-19(20)22(24-21)26-18-12-14-25(15-13-18)16-17-8-4-3-5-9-17/h3-11,18H,2,12-16H2,1H3. The Balaban J connectivity index is 1.42. The van der Waals surface area contributed by atoms with Gasteiger partial charge in [0.15, 0.2) is 0 Å². The first-order chi connectivity index (χ1) is 12.8. The van der Waals surface area contributed by atoms with Gasteiger partial charge in [-0.1, -0.05) is 49.4 Å². The highest BCUT2D eigenvalue weighted by Crippen LogP contribution is 2.26. The molecular weight excluding hydrogens is 322 g/mol. The maximum atomic E-state index is 6.33. The predicted molar refractivity (Wildman–Crippen MR) is 104 cm³/mol. The molecule has 0 atom stereocenters. The minimum atomic E-state index is 0.227. The molecule has 1 aromatic heterocycles. The maximum Gasteiger partial charge on any atom is 0.224 e. The van der Waals surface area contributed by atoms with Crippen molar-refractivity contribution in [1.82, 2.24) is 14.9 Å². The number of hydrogen-bond acceptors (Lipinski definition) is 4. The van der Waals surface area contributed by atoms with Gasteiger partial charge in [-0.25, -0.2) is 4.98 Å². The van der Waals surface area contributed by atoms with Gasteiger partial charge in [0, 0.05) is 26.1 Å². The lowest BCUT2D eigenvalue weighted by Crippen LogP contribution is -2.38. The molecule has 0 aliphatic carbocycles. The quantitative estimate of drug-likeness (QED) is 0.692. The zero-order valence-electron chi connectivity index (χ0n) is 15.3. The van der Waals surface area contributed by atoms with E-state index in [9.17, 15) is 0 Å². The number of nitrogens with zero attached hydrogens (tertiary/aromatic N) is 3. The van der Waals surface area contributed by atoms with Crippen LogP contribution in [0.5, 0.6) is 5.88 Å². The van der Waals surface area contributed by atoms with Crippen LogP contribution >= 0.6 is 0 Å². The summed E-state index contributed by atoms with van der Waals surface area (Å²) in [6.45, 7) is 5.21.